The standard InChI is InChI=1S/C21H26N2O2/c1-17(14-18-6-3-2-4-7-18)15-23(16-19-9-11-22-12-10-19)21(24)20-8-5-13-25-20/h2-8,13-14,19,22H,9-12,15-16H2,1H3. The van der Waals surface area contributed by atoms with E-state index in [1.807, 2.05) is 23.1 Å². The average molecular weight is 338 g/mol. The first-order valence-electron chi connectivity index (χ1n) is 8.98. The van der Waals surface area contributed by atoms with Crippen molar-refractivity contribution in [3.63, 3.8) is 0 Å². The van der Waals surface area contributed by atoms with Crippen LogP contribution in [0.2, 0.25) is 0 Å². The van der Waals surface area contributed by atoms with E-state index in [1.165, 1.54) is 5.57 Å². The van der Waals surface area contributed by atoms with Crippen molar-refractivity contribution in [1.29, 1.82) is 0 Å². The van der Waals surface area contributed by atoms with Crippen LogP contribution < -0.4 is 5.32 Å². The molecule has 0 spiro atoms. The third kappa shape index (κ3) is 5.07. The predicted octanol–water partition coefficient (Wildman–Crippen LogP) is 3.82. The number of piperidine rings is 1. The number of carbonyl (C=O) groups is 1. The molecule has 0 unspecified atom stereocenters. The zero-order valence-electron chi connectivity index (χ0n) is 14.8. The third-order valence-electron chi connectivity index (χ3n) is 4.61. The fourth-order valence-electron chi connectivity index (χ4n) is 3.33. The second-order valence-electron chi connectivity index (χ2n) is 6.76. The Bertz CT molecular complexity index is 686. The molecule has 0 bridgehead atoms. The van der Waals surface area contributed by atoms with E-state index in [0.29, 0.717) is 18.2 Å². The van der Waals surface area contributed by atoms with Crippen molar-refractivity contribution in [1.82, 2.24) is 10.2 Å². The van der Waals surface area contributed by atoms with Crippen molar-refractivity contribution in [3.8, 4) is 0 Å². The summed E-state index contributed by atoms with van der Waals surface area (Å²) in [5.74, 6) is 0.940. The molecule has 4 nitrogen and oxygen atoms in total. The van der Waals surface area contributed by atoms with Crippen molar-refractivity contribution in [2.45, 2.75) is 19.8 Å². The fraction of sp³-hybridized carbons (Fsp3) is 0.381. The molecule has 1 aliphatic rings. The second-order valence-corrected chi connectivity index (χ2v) is 6.76. The number of nitrogens with one attached hydrogen (secondary N) is 1. The van der Waals surface area contributed by atoms with E-state index in [1.54, 1.807) is 18.4 Å². The SMILES string of the molecule is CC(=Cc1ccccc1)CN(CC1CCNCC1)C(=O)c1ccco1. The van der Waals surface area contributed by atoms with E-state index in [2.05, 4.69) is 30.4 Å². The first-order valence-corrected chi connectivity index (χ1v) is 8.98. The van der Waals surface area contributed by atoms with Crippen LogP contribution in [0.3, 0.4) is 0 Å². The minimum atomic E-state index is -0.0238. The highest BCUT2D eigenvalue weighted by Gasteiger charge is 2.23. The van der Waals surface area contributed by atoms with Crippen LogP contribution in [-0.2, 0) is 0 Å². The summed E-state index contributed by atoms with van der Waals surface area (Å²) in [4.78, 5) is 14.8. The molecule has 0 atom stereocenters. The van der Waals surface area contributed by atoms with Gasteiger partial charge in [-0.3, -0.25) is 4.79 Å². The van der Waals surface area contributed by atoms with E-state index in [-0.39, 0.29) is 5.91 Å². The largest absolute Gasteiger partial charge is 0.459 e. The summed E-state index contributed by atoms with van der Waals surface area (Å²) in [5, 5.41) is 3.38. The van der Waals surface area contributed by atoms with E-state index in [9.17, 15) is 4.79 Å². The molecule has 132 valence electrons. The lowest BCUT2D eigenvalue weighted by atomic mass is 9.97. The molecule has 4 heteroatoms. The van der Waals surface area contributed by atoms with Gasteiger partial charge in [-0.15, -0.1) is 0 Å². The number of hydrogen-bond donors (Lipinski definition) is 1. The first kappa shape index (κ1) is 17.5. The Labute approximate surface area is 149 Å². The fourth-order valence-corrected chi connectivity index (χ4v) is 3.33. The van der Waals surface area contributed by atoms with Gasteiger partial charge in [0.15, 0.2) is 5.76 Å². The molecule has 1 N–H and O–H groups in total. The molecule has 1 aromatic carbocycles. The van der Waals surface area contributed by atoms with Crippen molar-refractivity contribution in [2.75, 3.05) is 26.2 Å². The van der Waals surface area contributed by atoms with Gasteiger partial charge in [-0.25, -0.2) is 0 Å². The lowest BCUT2D eigenvalue weighted by Gasteiger charge is -2.30. The van der Waals surface area contributed by atoms with Crippen molar-refractivity contribution in [3.05, 3.63) is 65.6 Å². The topological polar surface area (TPSA) is 45.5 Å². The highest BCUT2D eigenvalue weighted by molar-refractivity contribution is 5.91. The summed E-state index contributed by atoms with van der Waals surface area (Å²) in [6.45, 7) is 5.55. The van der Waals surface area contributed by atoms with Gasteiger partial charge in [0.25, 0.3) is 5.91 Å². The van der Waals surface area contributed by atoms with Crippen LogP contribution in [0.5, 0.6) is 0 Å². The molecule has 3 rings (SSSR count). The molecule has 1 aliphatic heterocycles. The number of nitrogens with zero attached hydrogens (tertiary/aromatic N) is 1. The van der Waals surface area contributed by atoms with Crippen LogP contribution in [0.25, 0.3) is 6.08 Å². The molecular formula is C21H26N2O2. The van der Waals surface area contributed by atoms with Crippen molar-refractivity contribution in [2.24, 2.45) is 5.92 Å². The Morgan fingerprint density at radius 1 is 1.20 bits per heavy atom. The Morgan fingerprint density at radius 2 is 1.96 bits per heavy atom. The monoisotopic (exact) mass is 338 g/mol. The molecule has 1 fully saturated rings. The highest BCUT2D eigenvalue weighted by atomic mass is 16.3. The predicted molar refractivity (Wildman–Crippen MR) is 100 cm³/mol. The van der Waals surface area contributed by atoms with Gasteiger partial charge in [0, 0.05) is 13.1 Å². The summed E-state index contributed by atoms with van der Waals surface area (Å²) in [5.41, 5.74) is 2.33. The number of furan rings is 1. The number of benzene rings is 1. The summed E-state index contributed by atoms with van der Waals surface area (Å²) in [6, 6.07) is 13.7. The minimum absolute atomic E-state index is 0.0238. The van der Waals surface area contributed by atoms with Crippen LogP contribution in [-0.4, -0.2) is 37.0 Å². The minimum Gasteiger partial charge on any atom is -0.459 e. The van der Waals surface area contributed by atoms with Gasteiger partial charge in [0.2, 0.25) is 0 Å². The molecular weight excluding hydrogens is 312 g/mol. The summed E-state index contributed by atoms with van der Waals surface area (Å²) >= 11 is 0. The maximum Gasteiger partial charge on any atom is 0.289 e. The third-order valence-corrected chi connectivity index (χ3v) is 4.61. The first-order chi connectivity index (χ1) is 12.2. The molecule has 1 amide bonds. The summed E-state index contributed by atoms with van der Waals surface area (Å²) in [7, 11) is 0. The van der Waals surface area contributed by atoms with Gasteiger partial charge in [-0.2, -0.15) is 0 Å². The van der Waals surface area contributed by atoms with Gasteiger partial charge >= 0.3 is 0 Å². The lowest BCUT2D eigenvalue weighted by molar-refractivity contribution is 0.0702. The van der Waals surface area contributed by atoms with Gasteiger partial charge in [0.05, 0.1) is 6.26 Å². The molecule has 0 saturated carbocycles. The van der Waals surface area contributed by atoms with E-state index >= 15 is 0 Å². The second kappa shape index (κ2) is 8.67. The molecule has 0 aliphatic carbocycles. The Balaban J connectivity index is 1.73. The normalized spacial score (nSPS) is 16.0. The van der Waals surface area contributed by atoms with Gasteiger partial charge in [0.1, 0.15) is 0 Å². The summed E-state index contributed by atoms with van der Waals surface area (Å²) in [6.07, 6.45) is 5.93. The summed E-state index contributed by atoms with van der Waals surface area (Å²) < 4.78 is 5.34. The van der Waals surface area contributed by atoms with Gasteiger partial charge < -0.3 is 14.6 Å². The molecule has 1 saturated heterocycles. The maximum atomic E-state index is 12.9. The van der Waals surface area contributed by atoms with Crippen LogP contribution in [0, 0.1) is 5.92 Å². The van der Waals surface area contributed by atoms with Crippen LogP contribution in [0.15, 0.2) is 58.7 Å². The quantitative estimate of drug-likeness (QED) is 0.871. The van der Waals surface area contributed by atoms with Gasteiger partial charge in [-0.05, 0) is 56.5 Å². The van der Waals surface area contributed by atoms with Crippen molar-refractivity contribution >= 4 is 12.0 Å². The maximum absolute atomic E-state index is 12.9. The Kier molecular flexibility index (Phi) is 6.07. The molecule has 25 heavy (non-hydrogen) atoms. The van der Waals surface area contributed by atoms with Crippen LogP contribution >= 0.6 is 0 Å². The van der Waals surface area contributed by atoms with E-state index < -0.39 is 0 Å². The van der Waals surface area contributed by atoms with Gasteiger partial charge in [-0.1, -0.05) is 42.0 Å². The number of amides is 1. The molecule has 1 aromatic heterocycles. The smallest absolute Gasteiger partial charge is 0.289 e. The highest BCUT2D eigenvalue weighted by Crippen LogP contribution is 2.18. The van der Waals surface area contributed by atoms with Crippen LogP contribution in [0.4, 0.5) is 0 Å². The Morgan fingerprint density at radius 3 is 2.64 bits per heavy atom. The number of rotatable bonds is 6. The Hall–Kier alpha value is -2.33. The molecule has 2 aromatic rings. The van der Waals surface area contributed by atoms with Crippen molar-refractivity contribution < 1.29 is 9.21 Å². The number of carbonyl (C=O) groups excluding carboxylic acids is 1. The molecule has 2 heterocycles. The van der Waals surface area contributed by atoms with E-state index in [4.69, 9.17) is 4.42 Å². The lowest BCUT2D eigenvalue weighted by Crippen LogP contribution is -2.40. The zero-order chi connectivity index (χ0) is 17.5. The molecule has 0 radical (unpaired) electrons. The zero-order valence-corrected chi connectivity index (χ0v) is 14.8. The van der Waals surface area contributed by atoms with Crippen LogP contribution in [0.1, 0.15) is 35.9 Å². The number of hydrogen-bond acceptors (Lipinski definition) is 3. The average Bonchev–Trinajstić information content (AvgIpc) is 3.17. The van der Waals surface area contributed by atoms with E-state index in [0.717, 1.165) is 38.0 Å².